The van der Waals surface area contributed by atoms with E-state index in [0.717, 1.165) is 11.7 Å². The summed E-state index contributed by atoms with van der Waals surface area (Å²) in [5.41, 5.74) is 2.66. The monoisotopic (exact) mass is 206 g/mol. The van der Waals surface area contributed by atoms with Gasteiger partial charge < -0.3 is 10.2 Å². The SMILES string of the molecule is CNC(=S)N1CCCc2ccccc21. The second-order valence-electron chi connectivity index (χ2n) is 3.44. The first-order valence-electron chi connectivity index (χ1n) is 4.90. The quantitative estimate of drug-likeness (QED) is 0.653. The number of hydrogen-bond donors (Lipinski definition) is 1. The van der Waals surface area contributed by atoms with Crippen molar-refractivity contribution in [1.29, 1.82) is 0 Å². The molecule has 14 heavy (non-hydrogen) atoms. The lowest BCUT2D eigenvalue weighted by molar-refractivity contribution is 0.773. The van der Waals surface area contributed by atoms with Gasteiger partial charge in [-0.1, -0.05) is 18.2 Å². The van der Waals surface area contributed by atoms with Gasteiger partial charge in [-0.25, -0.2) is 0 Å². The van der Waals surface area contributed by atoms with Gasteiger partial charge in [0.05, 0.1) is 0 Å². The molecular formula is C11H14N2S. The molecule has 0 radical (unpaired) electrons. The summed E-state index contributed by atoms with van der Waals surface area (Å²) in [6.07, 6.45) is 2.35. The Morgan fingerprint density at radius 1 is 1.43 bits per heavy atom. The van der Waals surface area contributed by atoms with E-state index in [1.807, 2.05) is 7.05 Å². The lowest BCUT2D eigenvalue weighted by atomic mass is 10.0. The van der Waals surface area contributed by atoms with Gasteiger partial charge in [-0.3, -0.25) is 0 Å². The molecule has 0 saturated carbocycles. The number of nitrogens with one attached hydrogen (secondary N) is 1. The molecule has 0 unspecified atom stereocenters. The maximum Gasteiger partial charge on any atom is 0.173 e. The third-order valence-corrected chi connectivity index (χ3v) is 2.99. The molecule has 74 valence electrons. The lowest BCUT2D eigenvalue weighted by Crippen LogP contribution is -2.40. The van der Waals surface area contributed by atoms with E-state index in [4.69, 9.17) is 12.2 Å². The third-order valence-electron chi connectivity index (χ3n) is 2.57. The Morgan fingerprint density at radius 2 is 2.21 bits per heavy atom. The zero-order valence-electron chi connectivity index (χ0n) is 8.29. The molecule has 3 heteroatoms. The first-order valence-corrected chi connectivity index (χ1v) is 5.31. The predicted molar refractivity (Wildman–Crippen MR) is 63.8 cm³/mol. The number of benzene rings is 1. The molecule has 0 fully saturated rings. The van der Waals surface area contributed by atoms with Crippen LogP contribution in [0.2, 0.25) is 0 Å². The van der Waals surface area contributed by atoms with Crippen LogP contribution in [0, 0.1) is 0 Å². The van der Waals surface area contributed by atoms with Crippen LogP contribution in [0.15, 0.2) is 24.3 Å². The van der Waals surface area contributed by atoms with Gasteiger partial charge in [0.15, 0.2) is 5.11 Å². The highest BCUT2D eigenvalue weighted by atomic mass is 32.1. The molecule has 1 heterocycles. The van der Waals surface area contributed by atoms with Crippen LogP contribution < -0.4 is 10.2 Å². The van der Waals surface area contributed by atoms with E-state index >= 15 is 0 Å². The van der Waals surface area contributed by atoms with Crippen molar-refractivity contribution in [3.8, 4) is 0 Å². The fraction of sp³-hybridized carbons (Fsp3) is 0.364. The van der Waals surface area contributed by atoms with Crippen molar-refractivity contribution < 1.29 is 0 Å². The molecule has 1 N–H and O–H groups in total. The van der Waals surface area contributed by atoms with Crippen LogP contribution in [-0.2, 0) is 6.42 Å². The molecule has 0 saturated heterocycles. The highest BCUT2D eigenvalue weighted by Crippen LogP contribution is 2.26. The van der Waals surface area contributed by atoms with E-state index in [9.17, 15) is 0 Å². The lowest BCUT2D eigenvalue weighted by Gasteiger charge is -2.31. The normalized spacial score (nSPS) is 14.8. The number of rotatable bonds is 0. The van der Waals surface area contributed by atoms with Crippen molar-refractivity contribution in [3.05, 3.63) is 29.8 Å². The zero-order valence-corrected chi connectivity index (χ0v) is 9.10. The zero-order chi connectivity index (χ0) is 9.97. The molecule has 0 aromatic heterocycles. The summed E-state index contributed by atoms with van der Waals surface area (Å²) in [5.74, 6) is 0. The van der Waals surface area contributed by atoms with E-state index in [2.05, 4.69) is 34.5 Å². The largest absolute Gasteiger partial charge is 0.365 e. The molecule has 0 amide bonds. The summed E-state index contributed by atoms with van der Waals surface area (Å²) in [7, 11) is 1.87. The Bertz CT molecular complexity index is 349. The molecule has 1 aromatic rings. The first kappa shape index (κ1) is 9.46. The smallest absolute Gasteiger partial charge is 0.173 e. The average Bonchev–Trinajstić information content (AvgIpc) is 2.27. The fourth-order valence-electron chi connectivity index (χ4n) is 1.88. The maximum atomic E-state index is 5.27. The summed E-state index contributed by atoms with van der Waals surface area (Å²) in [6.45, 7) is 1.02. The van der Waals surface area contributed by atoms with Crippen LogP contribution in [-0.4, -0.2) is 18.7 Å². The summed E-state index contributed by atoms with van der Waals surface area (Å²) in [5, 5.41) is 3.85. The van der Waals surface area contributed by atoms with Crippen molar-refractivity contribution in [2.24, 2.45) is 0 Å². The van der Waals surface area contributed by atoms with E-state index in [1.54, 1.807) is 0 Å². The number of nitrogens with zero attached hydrogens (tertiary/aromatic N) is 1. The Morgan fingerprint density at radius 3 is 3.00 bits per heavy atom. The van der Waals surface area contributed by atoms with E-state index in [-0.39, 0.29) is 0 Å². The minimum absolute atomic E-state index is 0.817. The highest BCUT2D eigenvalue weighted by molar-refractivity contribution is 7.80. The van der Waals surface area contributed by atoms with Crippen LogP contribution in [0.5, 0.6) is 0 Å². The first-order chi connectivity index (χ1) is 6.83. The molecule has 0 aliphatic carbocycles. The standard InChI is InChI=1S/C11H14N2S/c1-12-11(14)13-8-4-6-9-5-2-3-7-10(9)13/h2-3,5,7H,4,6,8H2,1H3,(H,12,14). The third kappa shape index (κ3) is 1.60. The number of hydrogen-bond acceptors (Lipinski definition) is 1. The Balaban J connectivity index is 2.35. The Kier molecular flexibility index (Phi) is 2.68. The number of anilines is 1. The van der Waals surface area contributed by atoms with Gasteiger partial charge in [0.2, 0.25) is 0 Å². The fourth-order valence-corrected chi connectivity index (χ4v) is 2.07. The number of para-hydroxylation sites is 1. The topological polar surface area (TPSA) is 15.3 Å². The average molecular weight is 206 g/mol. The number of aryl methyl sites for hydroxylation is 1. The van der Waals surface area contributed by atoms with Gasteiger partial charge >= 0.3 is 0 Å². The molecule has 1 aliphatic heterocycles. The van der Waals surface area contributed by atoms with Crippen molar-refractivity contribution in [3.63, 3.8) is 0 Å². The minimum atomic E-state index is 0.817. The predicted octanol–water partition coefficient (Wildman–Crippen LogP) is 1.94. The van der Waals surface area contributed by atoms with Crippen LogP contribution >= 0.6 is 12.2 Å². The van der Waals surface area contributed by atoms with Crippen molar-refractivity contribution in [1.82, 2.24) is 5.32 Å². The highest BCUT2D eigenvalue weighted by Gasteiger charge is 2.18. The van der Waals surface area contributed by atoms with Crippen molar-refractivity contribution in [2.75, 3.05) is 18.5 Å². The van der Waals surface area contributed by atoms with E-state index in [0.29, 0.717) is 0 Å². The molecule has 0 spiro atoms. The van der Waals surface area contributed by atoms with Crippen LogP contribution in [0.4, 0.5) is 5.69 Å². The summed E-state index contributed by atoms with van der Waals surface area (Å²) in [4.78, 5) is 2.17. The van der Waals surface area contributed by atoms with Gasteiger partial charge in [-0.05, 0) is 36.7 Å². The summed E-state index contributed by atoms with van der Waals surface area (Å²) in [6, 6.07) is 8.47. The molecule has 1 aliphatic rings. The molecule has 0 bridgehead atoms. The van der Waals surface area contributed by atoms with Gasteiger partial charge in [0, 0.05) is 19.3 Å². The summed E-state index contributed by atoms with van der Waals surface area (Å²) < 4.78 is 0. The van der Waals surface area contributed by atoms with Gasteiger partial charge in [0.1, 0.15) is 0 Å². The van der Waals surface area contributed by atoms with Crippen LogP contribution in [0.1, 0.15) is 12.0 Å². The second-order valence-corrected chi connectivity index (χ2v) is 3.83. The second kappa shape index (κ2) is 3.96. The van der Waals surface area contributed by atoms with Gasteiger partial charge in [-0.15, -0.1) is 0 Å². The van der Waals surface area contributed by atoms with Crippen LogP contribution in [0.3, 0.4) is 0 Å². The molecule has 2 nitrogen and oxygen atoms in total. The molecule has 1 aromatic carbocycles. The minimum Gasteiger partial charge on any atom is -0.365 e. The maximum absolute atomic E-state index is 5.27. The molecule has 2 rings (SSSR count). The van der Waals surface area contributed by atoms with Gasteiger partial charge in [0.25, 0.3) is 0 Å². The molecule has 0 atom stereocenters. The Labute approximate surface area is 89.9 Å². The van der Waals surface area contributed by atoms with E-state index < -0.39 is 0 Å². The van der Waals surface area contributed by atoms with Gasteiger partial charge in [-0.2, -0.15) is 0 Å². The van der Waals surface area contributed by atoms with Crippen molar-refractivity contribution >= 4 is 23.0 Å². The van der Waals surface area contributed by atoms with Crippen LogP contribution in [0.25, 0.3) is 0 Å². The number of thiocarbonyl (C=S) groups is 1. The summed E-state index contributed by atoms with van der Waals surface area (Å²) >= 11 is 5.27. The molecular weight excluding hydrogens is 192 g/mol. The number of fused-ring (bicyclic) bond motifs is 1. The van der Waals surface area contributed by atoms with E-state index in [1.165, 1.54) is 24.1 Å². The van der Waals surface area contributed by atoms with Crippen molar-refractivity contribution in [2.45, 2.75) is 12.8 Å². The Hall–Kier alpha value is -1.09.